The largest absolute Gasteiger partial charge is 0.478 e. The maximum absolute atomic E-state index is 14.0. The van der Waals surface area contributed by atoms with Crippen molar-refractivity contribution in [1.29, 1.82) is 0 Å². The van der Waals surface area contributed by atoms with Gasteiger partial charge in [0.2, 0.25) is 5.95 Å². The van der Waals surface area contributed by atoms with Gasteiger partial charge in [-0.15, -0.1) is 0 Å². The summed E-state index contributed by atoms with van der Waals surface area (Å²) >= 11 is 0. The highest BCUT2D eigenvalue weighted by molar-refractivity contribution is 5.94. The second kappa shape index (κ2) is 9.07. The number of nitrogens with one attached hydrogen (secondary N) is 1. The topological polar surface area (TPSA) is 87.5 Å². The summed E-state index contributed by atoms with van der Waals surface area (Å²) in [5.74, 6) is 0.253. The number of carboxylic acid groups (broad SMARTS) is 1. The van der Waals surface area contributed by atoms with Crippen LogP contribution in [0.15, 0.2) is 65.5 Å². The van der Waals surface area contributed by atoms with Crippen molar-refractivity contribution < 1.29 is 9.90 Å². The number of rotatable bonds is 7. The first-order valence-corrected chi connectivity index (χ1v) is 12.8. The Hall–Kier alpha value is -4.13. The Bertz CT molecular complexity index is 1560. The Morgan fingerprint density at radius 1 is 1.08 bits per heavy atom. The normalized spacial score (nSPS) is 15.6. The smallest absolute Gasteiger partial charge is 0.337 e. The highest BCUT2D eigenvalue weighted by atomic mass is 16.4. The minimum Gasteiger partial charge on any atom is -0.478 e. The number of carbonyl (C=O) groups is 1. The van der Waals surface area contributed by atoms with Crippen LogP contribution in [0.1, 0.15) is 58.4 Å². The van der Waals surface area contributed by atoms with E-state index in [1.165, 1.54) is 11.1 Å². The Morgan fingerprint density at radius 2 is 1.76 bits per heavy atom. The summed E-state index contributed by atoms with van der Waals surface area (Å²) in [4.78, 5) is 33.1. The van der Waals surface area contributed by atoms with Gasteiger partial charge in [0.1, 0.15) is 0 Å². The Labute approximate surface area is 215 Å². The summed E-state index contributed by atoms with van der Waals surface area (Å²) in [6, 6.07) is 19.0. The molecular weight excluding hydrogens is 464 g/mol. The van der Waals surface area contributed by atoms with E-state index in [1.54, 1.807) is 18.2 Å². The van der Waals surface area contributed by atoms with Gasteiger partial charge in [0, 0.05) is 30.9 Å². The highest BCUT2D eigenvalue weighted by Crippen LogP contribution is 2.35. The number of hydrogen-bond donors (Lipinski definition) is 2. The predicted octanol–water partition coefficient (Wildman–Crippen LogP) is 5.51. The van der Waals surface area contributed by atoms with Crippen molar-refractivity contribution in [2.24, 2.45) is 5.92 Å². The van der Waals surface area contributed by atoms with Crippen LogP contribution in [-0.4, -0.2) is 20.6 Å². The van der Waals surface area contributed by atoms with E-state index in [0.29, 0.717) is 35.0 Å². The highest BCUT2D eigenvalue weighted by Gasteiger charge is 2.29. The second-order valence-electron chi connectivity index (χ2n) is 10.4. The zero-order valence-electron chi connectivity index (χ0n) is 21.1. The van der Waals surface area contributed by atoms with Crippen molar-refractivity contribution in [1.82, 2.24) is 9.55 Å². The van der Waals surface area contributed by atoms with Crippen LogP contribution in [-0.2, 0) is 19.6 Å². The van der Waals surface area contributed by atoms with Crippen LogP contribution in [0.25, 0.3) is 10.9 Å². The van der Waals surface area contributed by atoms with Crippen LogP contribution in [0.5, 0.6) is 0 Å². The molecule has 1 saturated carbocycles. The fourth-order valence-electron chi connectivity index (χ4n) is 5.37. The Morgan fingerprint density at radius 3 is 2.43 bits per heavy atom. The van der Waals surface area contributed by atoms with Crippen LogP contribution >= 0.6 is 0 Å². The number of hydrogen-bond acceptors (Lipinski definition) is 5. The molecule has 1 fully saturated rings. The minimum absolute atomic E-state index is 0.00839. The summed E-state index contributed by atoms with van der Waals surface area (Å²) in [5, 5.41) is 13.6. The van der Waals surface area contributed by atoms with Gasteiger partial charge in [0.25, 0.3) is 5.56 Å². The zero-order chi connectivity index (χ0) is 25.7. The number of aryl methyl sites for hydroxylation is 1. The van der Waals surface area contributed by atoms with E-state index in [-0.39, 0.29) is 17.2 Å². The quantitative estimate of drug-likeness (QED) is 0.352. The molecule has 1 aliphatic heterocycles. The van der Waals surface area contributed by atoms with Gasteiger partial charge in [-0.3, -0.25) is 9.36 Å². The third-order valence-corrected chi connectivity index (χ3v) is 7.47. The molecule has 0 spiro atoms. The van der Waals surface area contributed by atoms with Crippen molar-refractivity contribution in [3.63, 3.8) is 0 Å². The Kier molecular flexibility index (Phi) is 5.71. The van der Waals surface area contributed by atoms with E-state index in [0.717, 1.165) is 37.1 Å². The van der Waals surface area contributed by atoms with E-state index in [9.17, 15) is 14.7 Å². The van der Waals surface area contributed by atoms with Crippen molar-refractivity contribution >= 4 is 28.5 Å². The van der Waals surface area contributed by atoms with Gasteiger partial charge < -0.3 is 15.3 Å². The van der Waals surface area contributed by atoms with Gasteiger partial charge in [-0.25, -0.2) is 9.78 Å². The van der Waals surface area contributed by atoms with Gasteiger partial charge in [0.05, 0.1) is 22.5 Å². The first-order valence-electron chi connectivity index (χ1n) is 12.8. The first-order chi connectivity index (χ1) is 17.9. The van der Waals surface area contributed by atoms with Gasteiger partial charge in [0.15, 0.2) is 0 Å². The summed E-state index contributed by atoms with van der Waals surface area (Å²) in [5.41, 5.74) is 5.78. The lowest BCUT2D eigenvalue weighted by Crippen LogP contribution is -2.31. The number of benzene rings is 3. The van der Waals surface area contributed by atoms with Crippen LogP contribution in [0.3, 0.4) is 0 Å². The number of nitrogens with zero attached hydrogens (tertiary/aromatic N) is 3. The summed E-state index contributed by atoms with van der Waals surface area (Å²) in [6.45, 7) is 6.10. The average molecular weight is 495 g/mol. The van der Waals surface area contributed by atoms with Gasteiger partial charge in [-0.05, 0) is 67.5 Å². The van der Waals surface area contributed by atoms with E-state index >= 15 is 0 Å². The standard InChI is InChI=1S/C30H30N4O3/c1-18-13-24(19(2)31-26-10-6-5-9-23(26)29(36)37)27-25(14-18)28(35)34(15-20-11-12-20)30(32-27)33-16-21-7-3-4-8-22(21)17-33/h3-10,13-14,19-20,31H,11-12,15-17H2,1-2H3,(H,36,37). The molecule has 4 aromatic rings. The second-order valence-corrected chi connectivity index (χ2v) is 10.4. The number of aromatic nitrogens is 2. The molecule has 0 radical (unpaired) electrons. The molecule has 2 N–H and O–H groups in total. The number of para-hydroxylation sites is 1. The van der Waals surface area contributed by atoms with Crippen LogP contribution in [0, 0.1) is 12.8 Å². The minimum atomic E-state index is -0.985. The Balaban J connectivity index is 1.47. The lowest BCUT2D eigenvalue weighted by atomic mass is 10.0. The average Bonchev–Trinajstić information content (AvgIpc) is 3.60. The van der Waals surface area contributed by atoms with Crippen LogP contribution in [0.2, 0.25) is 0 Å². The monoisotopic (exact) mass is 494 g/mol. The summed E-state index contributed by atoms with van der Waals surface area (Å²) < 4.78 is 1.88. The first kappa shape index (κ1) is 23.3. The number of carboxylic acids is 1. The van der Waals surface area contributed by atoms with Crippen molar-refractivity contribution in [2.75, 3.05) is 10.2 Å². The molecule has 2 heterocycles. The molecule has 7 heteroatoms. The predicted molar refractivity (Wildman–Crippen MR) is 145 cm³/mol. The number of anilines is 2. The molecule has 1 atom stereocenters. The number of aromatic carboxylic acids is 1. The number of fused-ring (bicyclic) bond motifs is 2. The molecule has 3 aromatic carbocycles. The molecule has 37 heavy (non-hydrogen) atoms. The molecule has 0 bridgehead atoms. The van der Waals surface area contributed by atoms with Crippen LogP contribution in [0.4, 0.5) is 11.6 Å². The lowest BCUT2D eigenvalue weighted by Gasteiger charge is -2.24. The van der Waals surface area contributed by atoms with Crippen molar-refractivity contribution in [2.45, 2.75) is 52.4 Å². The molecule has 0 amide bonds. The maximum Gasteiger partial charge on any atom is 0.337 e. The molecule has 6 rings (SSSR count). The molecule has 1 aliphatic carbocycles. The van der Waals surface area contributed by atoms with Crippen molar-refractivity contribution in [3.05, 3.63) is 98.8 Å². The van der Waals surface area contributed by atoms with Gasteiger partial charge >= 0.3 is 5.97 Å². The molecule has 1 aromatic heterocycles. The molecule has 0 saturated heterocycles. The SMILES string of the molecule is Cc1cc(C(C)Nc2ccccc2C(=O)O)c2nc(N3Cc4ccccc4C3)n(CC3CC3)c(=O)c2c1. The third kappa shape index (κ3) is 4.35. The van der Waals surface area contributed by atoms with Gasteiger partial charge in [-0.2, -0.15) is 0 Å². The van der Waals surface area contributed by atoms with Crippen LogP contribution < -0.4 is 15.8 Å². The fourth-order valence-corrected chi connectivity index (χ4v) is 5.37. The summed E-state index contributed by atoms with van der Waals surface area (Å²) in [6.07, 6.45) is 2.29. The molecular formula is C30H30N4O3. The van der Waals surface area contributed by atoms with E-state index in [1.807, 2.05) is 36.6 Å². The molecule has 2 aliphatic rings. The maximum atomic E-state index is 14.0. The van der Waals surface area contributed by atoms with E-state index in [2.05, 4.69) is 34.5 Å². The summed E-state index contributed by atoms with van der Waals surface area (Å²) in [7, 11) is 0. The molecule has 1 unspecified atom stereocenters. The van der Waals surface area contributed by atoms with E-state index < -0.39 is 5.97 Å². The van der Waals surface area contributed by atoms with Crippen molar-refractivity contribution in [3.8, 4) is 0 Å². The van der Waals surface area contributed by atoms with Gasteiger partial charge in [-0.1, -0.05) is 42.5 Å². The molecule has 188 valence electrons. The van der Waals surface area contributed by atoms with E-state index in [4.69, 9.17) is 4.98 Å². The zero-order valence-corrected chi connectivity index (χ0v) is 21.1. The molecule has 7 nitrogen and oxygen atoms in total. The fraction of sp³-hybridized carbons (Fsp3) is 0.300. The lowest BCUT2D eigenvalue weighted by molar-refractivity contribution is 0.0698. The third-order valence-electron chi connectivity index (χ3n) is 7.47.